The molecule has 1 aromatic rings. The van der Waals surface area contributed by atoms with Crippen molar-refractivity contribution in [3.05, 3.63) is 18.2 Å². The fourth-order valence-corrected chi connectivity index (χ4v) is 2.53. The lowest BCUT2D eigenvalue weighted by molar-refractivity contribution is 0.173. The third-order valence-corrected chi connectivity index (χ3v) is 3.78. The Kier molecular flexibility index (Phi) is 3.41. The molecule has 0 amide bonds. The minimum atomic E-state index is -0.578. The number of nitrogens with zero attached hydrogens (tertiary/aromatic N) is 1. The number of benzene rings is 1. The van der Waals surface area contributed by atoms with Crippen LogP contribution in [-0.2, 0) is 0 Å². The Morgan fingerprint density at radius 2 is 2.20 bits per heavy atom. The van der Waals surface area contributed by atoms with Crippen molar-refractivity contribution in [3.63, 3.8) is 0 Å². The summed E-state index contributed by atoms with van der Waals surface area (Å²) in [5.74, 6) is 2.52. The molecule has 1 aliphatic carbocycles. The van der Waals surface area contributed by atoms with E-state index < -0.39 is 5.54 Å². The molecule has 1 fully saturated rings. The summed E-state index contributed by atoms with van der Waals surface area (Å²) in [4.78, 5) is 0. The van der Waals surface area contributed by atoms with Gasteiger partial charge in [0.15, 0.2) is 11.5 Å². The van der Waals surface area contributed by atoms with E-state index in [1.54, 1.807) is 0 Å². The van der Waals surface area contributed by atoms with Gasteiger partial charge in [-0.2, -0.15) is 5.26 Å². The van der Waals surface area contributed by atoms with Gasteiger partial charge in [-0.3, -0.25) is 5.32 Å². The second-order valence-electron chi connectivity index (χ2n) is 5.19. The van der Waals surface area contributed by atoms with Crippen LogP contribution in [0.5, 0.6) is 17.2 Å². The zero-order valence-electron chi connectivity index (χ0n) is 11.5. The SMILES string of the molecule is CCNC(C#N)(COc1ccc2c(c1)OCO2)C1CC1. The lowest BCUT2D eigenvalue weighted by Crippen LogP contribution is -2.50. The molecule has 0 spiro atoms. The average Bonchev–Trinajstić information content (AvgIpc) is 3.22. The Balaban J connectivity index is 1.69. The standard InChI is InChI=1S/C15H18N2O3/c1-2-17-15(8-16,11-3-4-11)9-18-12-5-6-13-14(7-12)20-10-19-13/h5-7,11,17H,2-4,9-10H2,1H3. The monoisotopic (exact) mass is 274 g/mol. The predicted molar refractivity (Wildman–Crippen MR) is 72.8 cm³/mol. The van der Waals surface area contributed by atoms with Crippen LogP contribution in [0, 0.1) is 17.2 Å². The van der Waals surface area contributed by atoms with Crippen molar-refractivity contribution in [3.8, 4) is 23.3 Å². The second-order valence-corrected chi connectivity index (χ2v) is 5.19. The Hall–Kier alpha value is -1.93. The summed E-state index contributed by atoms with van der Waals surface area (Å²) >= 11 is 0. The minimum Gasteiger partial charge on any atom is -0.490 e. The maximum Gasteiger partial charge on any atom is 0.231 e. The highest BCUT2D eigenvalue weighted by Crippen LogP contribution is 2.40. The molecule has 1 saturated carbocycles. The summed E-state index contributed by atoms with van der Waals surface area (Å²) in [5.41, 5.74) is -0.578. The van der Waals surface area contributed by atoms with Gasteiger partial charge in [0.25, 0.3) is 0 Å². The van der Waals surface area contributed by atoms with Gasteiger partial charge < -0.3 is 14.2 Å². The van der Waals surface area contributed by atoms with Crippen molar-refractivity contribution in [1.82, 2.24) is 5.32 Å². The Morgan fingerprint density at radius 1 is 1.40 bits per heavy atom. The molecule has 3 rings (SSSR count). The molecule has 0 saturated heterocycles. The van der Waals surface area contributed by atoms with Crippen molar-refractivity contribution in [2.24, 2.45) is 5.92 Å². The highest BCUT2D eigenvalue weighted by atomic mass is 16.7. The summed E-state index contributed by atoms with van der Waals surface area (Å²) in [5, 5.41) is 12.8. The number of hydrogen-bond donors (Lipinski definition) is 1. The lowest BCUT2D eigenvalue weighted by Gasteiger charge is -2.27. The molecule has 2 aliphatic rings. The van der Waals surface area contributed by atoms with E-state index in [0.717, 1.165) is 25.1 Å². The Morgan fingerprint density at radius 3 is 2.90 bits per heavy atom. The van der Waals surface area contributed by atoms with Crippen LogP contribution in [0.25, 0.3) is 0 Å². The maximum absolute atomic E-state index is 9.51. The first-order valence-corrected chi connectivity index (χ1v) is 6.96. The van der Waals surface area contributed by atoms with Gasteiger partial charge in [0.05, 0.1) is 6.07 Å². The smallest absolute Gasteiger partial charge is 0.231 e. The number of nitriles is 1. The van der Waals surface area contributed by atoms with Crippen LogP contribution in [0.2, 0.25) is 0 Å². The molecule has 20 heavy (non-hydrogen) atoms. The van der Waals surface area contributed by atoms with Gasteiger partial charge in [-0.15, -0.1) is 0 Å². The van der Waals surface area contributed by atoms with E-state index >= 15 is 0 Å². The van der Waals surface area contributed by atoms with Crippen LogP contribution in [0.4, 0.5) is 0 Å². The van der Waals surface area contributed by atoms with Gasteiger partial charge in [-0.1, -0.05) is 6.92 Å². The number of hydrogen-bond acceptors (Lipinski definition) is 5. The van der Waals surface area contributed by atoms with Gasteiger partial charge in [0.1, 0.15) is 17.9 Å². The van der Waals surface area contributed by atoms with E-state index in [9.17, 15) is 5.26 Å². The van der Waals surface area contributed by atoms with Gasteiger partial charge in [-0.05, 0) is 37.4 Å². The molecule has 0 radical (unpaired) electrons. The van der Waals surface area contributed by atoms with Gasteiger partial charge in [0, 0.05) is 6.07 Å². The highest BCUT2D eigenvalue weighted by Gasteiger charge is 2.46. The average molecular weight is 274 g/mol. The highest BCUT2D eigenvalue weighted by molar-refractivity contribution is 5.46. The van der Waals surface area contributed by atoms with Crippen LogP contribution >= 0.6 is 0 Å². The maximum atomic E-state index is 9.51. The van der Waals surface area contributed by atoms with Gasteiger partial charge in [0.2, 0.25) is 6.79 Å². The number of likely N-dealkylation sites (N-methyl/N-ethyl adjacent to an activating group) is 1. The zero-order valence-corrected chi connectivity index (χ0v) is 11.5. The van der Waals surface area contributed by atoms with Crippen molar-refractivity contribution < 1.29 is 14.2 Å². The Labute approximate surface area is 118 Å². The first kappa shape index (κ1) is 13.1. The van der Waals surface area contributed by atoms with E-state index in [2.05, 4.69) is 11.4 Å². The van der Waals surface area contributed by atoms with Crippen molar-refractivity contribution in [2.45, 2.75) is 25.3 Å². The predicted octanol–water partition coefficient (Wildman–Crippen LogP) is 2.08. The lowest BCUT2D eigenvalue weighted by atomic mass is 9.96. The summed E-state index contributed by atoms with van der Waals surface area (Å²) in [6.07, 6.45) is 2.18. The molecule has 0 bridgehead atoms. The third kappa shape index (κ3) is 2.39. The molecule has 1 aliphatic heterocycles. The van der Waals surface area contributed by atoms with Gasteiger partial charge >= 0.3 is 0 Å². The van der Waals surface area contributed by atoms with Crippen molar-refractivity contribution in [2.75, 3.05) is 19.9 Å². The molecule has 5 heteroatoms. The van der Waals surface area contributed by atoms with E-state index in [4.69, 9.17) is 14.2 Å². The topological polar surface area (TPSA) is 63.5 Å². The molecule has 1 unspecified atom stereocenters. The number of fused-ring (bicyclic) bond motifs is 1. The summed E-state index contributed by atoms with van der Waals surface area (Å²) < 4.78 is 16.4. The normalized spacial score (nSPS) is 19.2. The van der Waals surface area contributed by atoms with E-state index in [1.165, 1.54) is 0 Å². The molecule has 1 atom stereocenters. The van der Waals surface area contributed by atoms with Crippen LogP contribution in [0.3, 0.4) is 0 Å². The minimum absolute atomic E-state index is 0.250. The van der Waals surface area contributed by atoms with Gasteiger partial charge in [-0.25, -0.2) is 0 Å². The van der Waals surface area contributed by atoms with Crippen LogP contribution in [0.1, 0.15) is 19.8 Å². The fourth-order valence-electron chi connectivity index (χ4n) is 2.53. The molecule has 1 N–H and O–H groups in total. The summed E-state index contributed by atoms with van der Waals surface area (Å²) in [6, 6.07) is 7.89. The molecule has 106 valence electrons. The molecule has 5 nitrogen and oxygen atoms in total. The first-order chi connectivity index (χ1) is 9.77. The summed E-state index contributed by atoms with van der Waals surface area (Å²) in [7, 11) is 0. The molecule has 1 aromatic carbocycles. The third-order valence-electron chi connectivity index (χ3n) is 3.78. The van der Waals surface area contributed by atoms with Crippen LogP contribution in [0.15, 0.2) is 18.2 Å². The molecule has 1 heterocycles. The van der Waals surface area contributed by atoms with E-state index in [1.807, 2.05) is 25.1 Å². The largest absolute Gasteiger partial charge is 0.490 e. The van der Waals surface area contributed by atoms with Crippen molar-refractivity contribution in [1.29, 1.82) is 5.26 Å². The number of nitrogens with one attached hydrogen (secondary N) is 1. The molecular formula is C15H18N2O3. The van der Waals surface area contributed by atoms with E-state index in [0.29, 0.717) is 24.0 Å². The fraction of sp³-hybridized carbons (Fsp3) is 0.533. The summed E-state index contributed by atoms with van der Waals surface area (Å²) in [6.45, 7) is 3.37. The first-order valence-electron chi connectivity index (χ1n) is 6.96. The quantitative estimate of drug-likeness (QED) is 0.860. The Bertz CT molecular complexity index is 536. The number of rotatable bonds is 6. The number of ether oxygens (including phenoxy) is 3. The van der Waals surface area contributed by atoms with Crippen LogP contribution in [-0.4, -0.2) is 25.5 Å². The second kappa shape index (κ2) is 5.22. The van der Waals surface area contributed by atoms with Crippen LogP contribution < -0.4 is 19.5 Å². The zero-order chi connectivity index (χ0) is 14.0. The molecule has 0 aromatic heterocycles. The molecular weight excluding hydrogens is 256 g/mol. The van der Waals surface area contributed by atoms with Crippen molar-refractivity contribution >= 4 is 0 Å². The van der Waals surface area contributed by atoms with E-state index in [-0.39, 0.29) is 6.79 Å².